The minimum Gasteiger partial charge on any atom is -0.389 e. The molecule has 1 heterocycles. The molecule has 0 bridgehead atoms. The third-order valence-electron chi connectivity index (χ3n) is 3.45. The number of thioether (sulfide) groups is 1. The SMILES string of the molecule is CCC(C)(O)CNC1CCSc2ccccc21. The molecule has 2 nitrogen and oxygen atoms in total. The second-order valence-corrected chi connectivity index (χ2v) is 6.10. The second-order valence-electron chi connectivity index (χ2n) is 4.96. The molecular formula is C14H21NOS. The summed E-state index contributed by atoms with van der Waals surface area (Å²) in [6.45, 7) is 4.57. The van der Waals surface area contributed by atoms with Crippen LogP contribution in [0.4, 0.5) is 0 Å². The number of rotatable bonds is 4. The molecule has 2 rings (SSSR count). The van der Waals surface area contributed by atoms with Crippen LogP contribution in [-0.4, -0.2) is 23.0 Å². The van der Waals surface area contributed by atoms with E-state index in [1.165, 1.54) is 10.5 Å². The molecule has 0 spiro atoms. The average Bonchev–Trinajstić information content (AvgIpc) is 2.36. The van der Waals surface area contributed by atoms with E-state index in [-0.39, 0.29) is 0 Å². The molecule has 1 aromatic carbocycles. The highest BCUT2D eigenvalue weighted by molar-refractivity contribution is 7.99. The highest BCUT2D eigenvalue weighted by Gasteiger charge is 2.23. The summed E-state index contributed by atoms with van der Waals surface area (Å²) in [7, 11) is 0. The van der Waals surface area contributed by atoms with Crippen LogP contribution in [0.25, 0.3) is 0 Å². The molecule has 94 valence electrons. The number of hydrogen-bond donors (Lipinski definition) is 2. The van der Waals surface area contributed by atoms with Crippen LogP contribution in [0.3, 0.4) is 0 Å². The van der Waals surface area contributed by atoms with Gasteiger partial charge in [-0.05, 0) is 37.1 Å². The van der Waals surface area contributed by atoms with Gasteiger partial charge in [-0.25, -0.2) is 0 Å². The van der Waals surface area contributed by atoms with Gasteiger partial charge in [0.05, 0.1) is 5.60 Å². The van der Waals surface area contributed by atoms with Crippen molar-refractivity contribution < 1.29 is 5.11 Å². The van der Waals surface area contributed by atoms with Crippen molar-refractivity contribution in [2.24, 2.45) is 0 Å². The molecule has 2 unspecified atom stereocenters. The van der Waals surface area contributed by atoms with Crippen molar-refractivity contribution >= 4 is 11.8 Å². The minimum atomic E-state index is -0.598. The van der Waals surface area contributed by atoms with E-state index in [4.69, 9.17) is 0 Å². The van der Waals surface area contributed by atoms with Crippen molar-refractivity contribution in [3.05, 3.63) is 29.8 Å². The van der Waals surface area contributed by atoms with Crippen molar-refractivity contribution in [3.8, 4) is 0 Å². The van der Waals surface area contributed by atoms with Crippen LogP contribution in [0.15, 0.2) is 29.2 Å². The Hall–Kier alpha value is -0.510. The maximum absolute atomic E-state index is 10.0. The number of hydrogen-bond acceptors (Lipinski definition) is 3. The van der Waals surface area contributed by atoms with Gasteiger partial charge in [0.2, 0.25) is 0 Å². The Morgan fingerprint density at radius 2 is 2.24 bits per heavy atom. The van der Waals surface area contributed by atoms with E-state index >= 15 is 0 Å². The van der Waals surface area contributed by atoms with Crippen LogP contribution >= 0.6 is 11.8 Å². The van der Waals surface area contributed by atoms with Crippen LogP contribution in [0.5, 0.6) is 0 Å². The Bertz CT molecular complexity index is 378. The smallest absolute Gasteiger partial charge is 0.0741 e. The molecule has 0 amide bonds. The monoisotopic (exact) mass is 251 g/mol. The van der Waals surface area contributed by atoms with Crippen molar-refractivity contribution in [3.63, 3.8) is 0 Å². The Balaban J connectivity index is 2.04. The van der Waals surface area contributed by atoms with Gasteiger partial charge in [0.15, 0.2) is 0 Å². The first-order valence-electron chi connectivity index (χ1n) is 6.30. The lowest BCUT2D eigenvalue weighted by Crippen LogP contribution is -2.39. The number of benzene rings is 1. The Morgan fingerprint density at radius 3 is 3.00 bits per heavy atom. The van der Waals surface area contributed by atoms with Crippen LogP contribution in [0.2, 0.25) is 0 Å². The minimum absolute atomic E-state index is 0.394. The summed E-state index contributed by atoms with van der Waals surface area (Å²) in [4.78, 5) is 1.38. The molecule has 17 heavy (non-hydrogen) atoms. The van der Waals surface area contributed by atoms with E-state index in [1.54, 1.807) is 0 Å². The standard InChI is InChI=1S/C14H21NOS/c1-3-14(2,16)10-15-12-8-9-17-13-7-5-4-6-11(12)13/h4-7,12,15-16H,3,8-10H2,1-2H3. The van der Waals surface area contributed by atoms with Crippen LogP contribution in [-0.2, 0) is 0 Å². The number of aliphatic hydroxyl groups is 1. The van der Waals surface area contributed by atoms with E-state index in [1.807, 2.05) is 25.6 Å². The van der Waals surface area contributed by atoms with Crippen molar-refractivity contribution in [2.45, 2.75) is 43.2 Å². The summed E-state index contributed by atoms with van der Waals surface area (Å²) in [5, 5.41) is 13.5. The Kier molecular flexibility index (Phi) is 4.13. The first-order valence-corrected chi connectivity index (χ1v) is 7.28. The van der Waals surface area contributed by atoms with Gasteiger partial charge in [-0.1, -0.05) is 25.1 Å². The zero-order chi connectivity index (χ0) is 12.3. The molecule has 0 saturated carbocycles. The molecular weight excluding hydrogens is 230 g/mol. The van der Waals surface area contributed by atoms with E-state index in [2.05, 4.69) is 29.6 Å². The lowest BCUT2D eigenvalue weighted by Gasteiger charge is -2.30. The van der Waals surface area contributed by atoms with Crippen LogP contribution in [0.1, 0.15) is 38.3 Å². The van der Waals surface area contributed by atoms with E-state index in [0.29, 0.717) is 12.6 Å². The molecule has 1 aliphatic heterocycles. The normalized spacial score (nSPS) is 22.9. The summed E-state index contributed by atoms with van der Waals surface area (Å²) in [5.41, 5.74) is 0.787. The summed E-state index contributed by atoms with van der Waals surface area (Å²) in [6, 6.07) is 8.96. The summed E-state index contributed by atoms with van der Waals surface area (Å²) in [6.07, 6.45) is 1.92. The second kappa shape index (κ2) is 5.42. The molecule has 3 heteroatoms. The van der Waals surface area contributed by atoms with Gasteiger partial charge in [-0.2, -0.15) is 0 Å². The first-order chi connectivity index (χ1) is 8.12. The van der Waals surface area contributed by atoms with Crippen molar-refractivity contribution in [1.82, 2.24) is 5.32 Å². The molecule has 2 atom stereocenters. The summed E-state index contributed by atoms with van der Waals surface area (Å²) in [5.74, 6) is 1.16. The van der Waals surface area contributed by atoms with Gasteiger partial charge in [-0.15, -0.1) is 11.8 Å². The fourth-order valence-electron chi connectivity index (χ4n) is 2.02. The van der Waals surface area contributed by atoms with Gasteiger partial charge in [0, 0.05) is 17.5 Å². The molecule has 0 aromatic heterocycles. The maximum atomic E-state index is 10.0. The fraction of sp³-hybridized carbons (Fsp3) is 0.571. The molecule has 2 N–H and O–H groups in total. The number of nitrogens with one attached hydrogen (secondary N) is 1. The lowest BCUT2D eigenvalue weighted by atomic mass is 10.00. The van der Waals surface area contributed by atoms with Gasteiger partial charge in [0.1, 0.15) is 0 Å². The van der Waals surface area contributed by atoms with Gasteiger partial charge >= 0.3 is 0 Å². The Labute approximate surface area is 108 Å². The zero-order valence-electron chi connectivity index (χ0n) is 10.6. The highest BCUT2D eigenvalue weighted by Crippen LogP contribution is 2.35. The molecule has 1 aliphatic rings. The molecule has 0 saturated heterocycles. The topological polar surface area (TPSA) is 32.3 Å². The lowest BCUT2D eigenvalue weighted by molar-refractivity contribution is 0.0525. The third kappa shape index (κ3) is 3.24. The van der Waals surface area contributed by atoms with Crippen LogP contribution < -0.4 is 5.32 Å². The first kappa shape index (κ1) is 12.9. The van der Waals surface area contributed by atoms with E-state index in [0.717, 1.165) is 18.6 Å². The van der Waals surface area contributed by atoms with Gasteiger partial charge < -0.3 is 10.4 Å². The quantitative estimate of drug-likeness (QED) is 0.863. The van der Waals surface area contributed by atoms with E-state index < -0.39 is 5.60 Å². The van der Waals surface area contributed by atoms with Crippen molar-refractivity contribution in [1.29, 1.82) is 0 Å². The Morgan fingerprint density at radius 1 is 1.47 bits per heavy atom. The molecule has 1 aromatic rings. The summed E-state index contributed by atoms with van der Waals surface area (Å²) >= 11 is 1.93. The van der Waals surface area contributed by atoms with Crippen LogP contribution in [0, 0.1) is 0 Å². The fourth-order valence-corrected chi connectivity index (χ4v) is 3.15. The van der Waals surface area contributed by atoms with Gasteiger partial charge in [-0.3, -0.25) is 0 Å². The number of fused-ring (bicyclic) bond motifs is 1. The third-order valence-corrected chi connectivity index (χ3v) is 4.57. The van der Waals surface area contributed by atoms with Crippen molar-refractivity contribution in [2.75, 3.05) is 12.3 Å². The predicted octanol–water partition coefficient (Wildman–Crippen LogP) is 2.97. The molecule has 0 aliphatic carbocycles. The maximum Gasteiger partial charge on any atom is 0.0741 e. The molecule has 0 fully saturated rings. The zero-order valence-corrected chi connectivity index (χ0v) is 11.4. The van der Waals surface area contributed by atoms with Gasteiger partial charge in [0.25, 0.3) is 0 Å². The largest absolute Gasteiger partial charge is 0.389 e. The predicted molar refractivity (Wildman–Crippen MR) is 73.4 cm³/mol. The summed E-state index contributed by atoms with van der Waals surface area (Å²) < 4.78 is 0. The average molecular weight is 251 g/mol. The van der Waals surface area contributed by atoms with E-state index in [9.17, 15) is 5.11 Å². The highest BCUT2D eigenvalue weighted by atomic mass is 32.2. The molecule has 0 radical (unpaired) electrons.